The fraction of sp³-hybridized carbons (Fsp3) is 1.00. The molecule has 1 saturated heterocycles. The van der Waals surface area contributed by atoms with Crippen molar-refractivity contribution in [3.05, 3.63) is 0 Å². The second kappa shape index (κ2) is 4.31. The highest BCUT2D eigenvalue weighted by atomic mass is 31.2. The second-order valence-corrected chi connectivity index (χ2v) is 6.12. The SMILES string of the molecule is CC(C)OP(=O)(OC(C)C)N1CC1C. The second-order valence-electron chi connectivity index (χ2n) is 4.25. The first-order valence-electron chi connectivity index (χ1n) is 5.09. The van der Waals surface area contributed by atoms with E-state index in [0.29, 0.717) is 6.04 Å². The number of rotatable bonds is 5. The van der Waals surface area contributed by atoms with E-state index in [4.69, 9.17) is 9.05 Å². The summed E-state index contributed by atoms with van der Waals surface area (Å²) >= 11 is 0. The van der Waals surface area contributed by atoms with E-state index < -0.39 is 7.75 Å². The Morgan fingerprint density at radius 3 is 1.79 bits per heavy atom. The van der Waals surface area contributed by atoms with Crippen molar-refractivity contribution in [3.8, 4) is 0 Å². The summed E-state index contributed by atoms with van der Waals surface area (Å²) < 4.78 is 24.9. The zero-order valence-electron chi connectivity index (χ0n) is 9.56. The molecule has 0 aliphatic carbocycles. The van der Waals surface area contributed by atoms with Crippen LogP contribution in [0.1, 0.15) is 34.6 Å². The van der Waals surface area contributed by atoms with Crippen LogP contribution in [0.15, 0.2) is 0 Å². The Hall–Kier alpha value is 0.110. The average molecular weight is 221 g/mol. The Morgan fingerprint density at radius 1 is 1.21 bits per heavy atom. The Bertz CT molecular complexity index is 228. The maximum absolute atomic E-state index is 12.3. The van der Waals surface area contributed by atoms with Crippen LogP contribution in [0.4, 0.5) is 0 Å². The normalized spacial score (nSPS) is 27.4. The van der Waals surface area contributed by atoms with Gasteiger partial charge < -0.3 is 0 Å². The predicted octanol–water partition coefficient (Wildman–Crippen LogP) is 2.65. The van der Waals surface area contributed by atoms with Gasteiger partial charge in [0.25, 0.3) is 0 Å². The van der Waals surface area contributed by atoms with Crippen LogP contribution in [-0.4, -0.2) is 29.5 Å². The van der Waals surface area contributed by atoms with Gasteiger partial charge in [-0.2, -0.15) is 0 Å². The number of hydrogen-bond donors (Lipinski definition) is 0. The molecule has 1 rings (SSSR count). The molecule has 0 amide bonds. The van der Waals surface area contributed by atoms with Crippen LogP contribution in [0.25, 0.3) is 0 Å². The van der Waals surface area contributed by atoms with Gasteiger partial charge in [-0.05, 0) is 34.6 Å². The summed E-state index contributed by atoms with van der Waals surface area (Å²) in [4.78, 5) is 0. The van der Waals surface area contributed by atoms with Gasteiger partial charge in [0.1, 0.15) is 0 Å². The summed E-state index contributed by atoms with van der Waals surface area (Å²) in [6.45, 7) is 10.3. The molecule has 0 saturated carbocycles. The third-order valence-corrected chi connectivity index (χ3v) is 4.39. The molecule has 0 aromatic rings. The molecule has 1 fully saturated rings. The van der Waals surface area contributed by atoms with Gasteiger partial charge in [0.2, 0.25) is 0 Å². The molecule has 1 aliphatic heterocycles. The van der Waals surface area contributed by atoms with E-state index in [9.17, 15) is 4.57 Å². The molecule has 0 spiro atoms. The van der Waals surface area contributed by atoms with Crippen LogP contribution in [0.5, 0.6) is 0 Å². The molecule has 0 radical (unpaired) electrons. The molecule has 0 aromatic heterocycles. The third-order valence-electron chi connectivity index (χ3n) is 1.83. The lowest BCUT2D eigenvalue weighted by atomic mass is 10.5. The van der Waals surface area contributed by atoms with Crippen molar-refractivity contribution in [2.45, 2.75) is 52.9 Å². The summed E-state index contributed by atoms with van der Waals surface area (Å²) in [6.07, 6.45) is -0.153. The molecule has 1 aliphatic rings. The van der Waals surface area contributed by atoms with Gasteiger partial charge in [0.05, 0.1) is 12.2 Å². The van der Waals surface area contributed by atoms with Gasteiger partial charge in [-0.3, -0.25) is 9.05 Å². The lowest BCUT2D eigenvalue weighted by Crippen LogP contribution is -2.13. The van der Waals surface area contributed by atoms with E-state index in [1.807, 2.05) is 34.6 Å². The maximum atomic E-state index is 12.3. The van der Waals surface area contributed by atoms with E-state index in [2.05, 4.69) is 0 Å². The van der Waals surface area contributed by atoms with Crippen molar-refractivity contribution in [2.75, 3.05) is 6.54 Å². The molecule has 1 heterocycles. The minimum atomic E-state index is -3.02. The molecule has 2 atom stereocenters. The average Bonchev–Trinajstić information content (AvgIpc) is 2.62. The molecule has 5 heteroatoms. The van der Waals surface area contributed by atoms with Gasteiger partial charge in [-0.25, -0.2) is 9.24 Å². The minimum absolute atomic E-state index is 0.0765. The van der Waals surface area contributed by atoms with Crippen LogP contribution in [0, 0.1) is 0 Å². The lowest BCUT2D eigenvalue weighted by molar-refractivity contribution is 0.124. The van der Waals surface area contributed by atoms with Gasteiger partial charge in [-0.1, -0.05) is 0 Å². The Morgan fingerprint density at radius 2 is 1.57 bits per heavy atom. The Kier molecular flexibility index (Phi) is 3.75. The zero-order valence-corrected chi connectivity index (χ0v) is 10.5. The highest BCUT2D eigenvalue weighted by Gasteiger charge is 2.48. The molecular weight excluding hydrogens is 201 g/mol. The van der Waals surface area contributed by atoms with Crippen molar-refractivity contribution in [2.24, 2.45) is 0 Å². The standard InChI is InChI=1S/C9H20NO3P/c1-7(2)12-14(11,13-8(3)4)10-6-9(10)5/h7-9H,6H2,1-5H3. The summed E-state index contributed by atoms with van der Waals surface area (Å²) in [7, 11) is -3.02. The van der Waals surface area contributed by atoms with Gasteiger partial charge >= 0.3 is 7.75 Å². The van der Waals surface area contributed by atoms with Gasteiger partial charge in [0, 0.05) is 12.6 Å². The molecule has 0 aromatic carbocycles. The highest BCUT2D eigenvalue weighted by Crippen LogP contribution is 2.59. The zero-order chi connectivity index (χ0) is 10.9. The quantitative estimate of drug-likeness (QED) is 0.528. The monoisotopic (exact) mass is 221 g/mol. The van der Waals surface area contributed by atoms with Crippen LogP contribution in [0.3, 0.4) is 0 Å². The molecule has 4 nitrogen and oxygen atoms in total. The van der Waals surface area contributed by atoms with E-state index >= 15 is 0 Å². The first-order chi connectivity index (χ1) is 6.35. The summed E-state index contributed by atoms with van der Waals surface area (Å²) in [6, 6.07) is 0.318. The molecule has 0 bridgehead atoms. The molecule has 0 N–H and O–H groups in total. The summed E-state index contributed by atoms with van der Waals surface area (Å²) in [5.41, 5.74) is 0. The fourth-order valence-corrected chi connectivity index (χ4v) is 3.52. The molecule has 2 unspecified atom stereocenters. The van der Waals surface area contributed by atoms with Gasteiger partial charge in [-0.15, -0.1) is 0 Å². The van der Waals surface area contributed by atoms with Crippen molar-refractivity contribution >= 4 is 7.75 Å². The van der Waals surface area contributed by atoms with Crippen molar-refractivity contribution in [3.63, 3.8) is 0 Å². The van der Waals surface area contributed by atoms with Crippen LogP contribution in [-0.2, 0) is 13.6 Å². The minimum Gasteiger partial charge on any atom is -0.294 e. The van der Waals surface area contributed by atoms with E-state index in [0.717, 1.165) is 6.54 Å². The highest BCUT2D eigenvalue weighted by molar-refractivity contribution is 7.51. The Balaban J connectivity index is 2.64. The van der Waals surface area contributed by atoms with Gasteiger partial charge in [0.15, 0.2) is 0 Å². The predicted molar refractivity (Wildman–Crippen MR) is 56.2 cm³/mol. The molecule has 14 heavy (non-hydrogen) atoms. The Labute approximate surface area is 86.2 Å². The van der Waals surface area contributed by atoms with Crippen molar-refractivity contribution in [1.82, 2.24) is 4.67 Å². The van der Waals surface area contributed by atoms with E-state index in [1.165, 1.54) is 0 Å². The summed E-state index contributed by atoms with van der Waals surface area (Å²) in [5, 5.41) is 0. The maximum Gasteiger partial charge on any atom is 0.409 e. The van der Waals surface area contributed by atoms with Crippen LogP contribution in [0.2, 0.25) is 0 Å². The topological polar surface area (TPSA) is 38.5 Å². The number of nitrogens with zero attached hydrogens (tertiary/aromatic N) is 1. The molecule has 84 valence electrons. The van der Waals surface area contributed by atoms with Crippen LogP contribution >= 0.6 is 7.75 Å². The first-order valence-corrected chi connectivity index (χ1v) is 6.58. The van der Waals surface area contributed by atoms with E-state index in [1.54, 1.807) is 4.67 Å². The van der Waals surface area contributed by atoms with Crippen LogP contribution < -0.4 is 0 Å². The van der Waals surface area contributed by atoms with Crippen molar-refractivity contribution < 1.29 is 13.6 Å². The summed E-state index contributed by atoms with van der Waals surface area (Å²) in [5.74, 6) is 0. The van der Waals surface area contributed by atoms with Crippen molar-refractivity contribution in [1.29, 1.82) is 0 Å². The lowest BCUT2D eigenvalue weighted by Gasteiger charge is -2.23. The molecular formula is C9H20NO3P. The van der Waals surface area contributed by atoms with E-state index in [-0.39, 0.29) is 12.2 Å². The fourth-order valence-electron chi connectivity index (χ4n) is 1.24. The number of hydrogen-bond acceptors (Lipinski definition) is 3. The third kappa shape index (κ3) is 3.06. The smallest absolute Gasteiger partial charge is 0.294 e. The largest absolute Gasteiger partial charge is 0.409 e. The first kappa shape index (κ1) is 12.2.